The molecule has 0 N–H and O–H groups in total. The summed E-state index contributed by atoms with van der Waals surface area (Å²) < 4.78 is 4.79. The molecule has 0 fully saturated rings. The van der Waals surface area contributed by atoms with Crippen LogP contribution in [0.3, 0.4) is 0 Å². The number of hydrogen-bond donors (Lipinski definition) is 0. The molecule has 0 bridgehead atoms. The highest BCUT2D eigenvalue weighted by Crippen LogP contribution is 2.51. The van der Waals surface area contributed by atoms with Crippen molar-refractivity contribution in [2.45, 2.75) is 51.4 Å². The van der Waals surface area contributed by atoms with Crippen molar-refractivity contribution < 1.29 is 0 Å². The van der Waals surface area contributed by atoms with Gasteiger partial charge in [-0.3, -0.25) is 4.57 Å². The minimum atomic E-state index is -0.0274. The van der Waals surface area contributed by atoms with Gasteiger partial charge in [0.05, 0.1) is 22.1 Å². The van der Waals surface area contributed by atoms with E-state index in [9.17, 15) is 0 Å². The first-order valence-electron chi connectivity index (χ1n) is 23.8. The second-order valence-electron chi connectivity index (χ2n) is 19.9. The van der Waals surface area contributed by atoms with E-state index in [2.05, 4.69) is 231 Å². The summed E-state index contributed by atoms with van der Waals surface area (Å²) in [7, 11) is 0. The lowest BCUT2D eigenvalue weighted by atomic mass is 9.63. The second-order valence-corrected chi connectivity index (χ2v) is 19.9. The molecule has 13 rings (SSSR count). The maximum Gasteiger partial charge on any atom is 0.238 e. The van der Waals surface area contributed by atoms with Crippen LogP contribution in [0.2, 0.25) is 0 Å². The Labute approximate surface area is 396 Å². The number of benzene rings is 9. The molecule has 12 aromatic rings. The van der Waals surface area contributed by atoms with Gasteiger partial charge in [0, 0.05) is 38.4 Å². The molecule has 0 unspecified atom stereocenters. The van der Waals surface area contributed by atoms with Crippen molar-refractivity contribution in [2.75, 3.05) is 0 Å². The molecule has 1 aliphatic rings. The molecule has 0 saturated carbocycles. The minimum Gasteiger partial charge on any atom is -0.309 e. The molecule has 68 heavy (non-hydrogen) atoms. The Kier molecular flexibility index (Phi) is 8.97. The normalized spacial score (nSPS) is 14.3. The monoisotopic (exact) mass is 875 g/mol. The molecule has 0 radical (unpaired) electrons. The Morgan fingerprint density at radius 2 is 0.824 bits per heavy atom. The molecule has 0 spiro atoms. The third-order valence-electron chi connectivity index (χ3n) is 14.8. The maximum atomic E-state index is 5.60. The average Bonchev–Trinajstić information content (AvgIpc) is 3.91. The summed E-state index contributed by atoms with van der Waals surface area (Å²) in [6, 6.07) is 72.1. The van der Waals surface area contributed by atoms with Gasteiger partial charge in [0.25, 0.3) is 0 Å². The zero-order valence-corrected chi connectivity index (χ0v) is 38.7. The van der Waals surface area contributed by atoms with Gasteiger partial charge in [0.1, 0.15) is 0 Å². The molecule has 0 aliphatic heterocycles. The lowest BCUT2D eigenvalue weighted by molar-refractivity contribution is 0.332. The van der Waals surface area contributed by atoms with Gasteiger partial charge in [0.15, 0.2) is 11.6 Å². The summed E-state index contributed by atoms with van der Waals surface area (Å²) in [5.74, 6) is 1.83. The zero-order chi connectivity index (χ0) is 45.7. The van der Waals surface area contributed by atoms with Crippen LogP contribution in [-0.4, -0.2) is 24.1 Å². The van der Waals surface area contributed by atoms with Crippen LogP contribution in [0, 0.1) is 0 Å². The molecule has 1 aliphatic carbocycles. The van der Waals surface area contributed by atoms with E-state index in [0.717, 1.165) is 62.9 Å². The zero-order valence-electron chi connectivity index (χ0n) is 38.7. The Morgan fingerprint density at radius 3 is 1.46 bits per heavy atom. The number of para-hydroxylation sites is 1. The summed E-state index contributed by atoms with van der Waals surface area (Å²) in [6.07, 6.45) is 2.23. The summed E-state index contributed by atoms with van der Waals surface area (Å²) >= 11 is 0. The Hall–Kier alpha value is -8.15. The third kappa shape index (κ3) is 6.33. The molecule has 3 aromatic heterocycles. The quantitative estimate of drug-likeness (QED) is 0.167. The lowest BCUT2D eigenvalue weighted by Crippen LogP contribution is -2.33. The van der Waals surface area contributed by atoms with Crippen LogP contribution in [0.4, 0.5) is 0 Å². The highest BCUT2D eigenvalue weighted by Gasteiger charge is 2.38. The van der Waals surface area contributed by atoms with Crippen molar-refractivity contribution in [3.63, 3.8) is 0 Å². The van der Waals surface area contributed by atoms with Crippen molar-refractivity contribution in [3.05, 3.63) is 211 Å². The second kappa shape index (κ2) is 15.2. The number of fused-ring (bicyclic) bond motifs is 10. The van der Waals surface area contributed by atoms with Gasteiger partial charge in [-0.1, -0.05) is 167 Å². The summed E-state index contributed by atoms with van der Waals surface area (Å²) in [6.45, 7) is 9.68. The van der Waals surface area contributed by atoms with E-state index in [4.69, 9.17) is 15.0 Å². The van der Waals surface area contributed by atoms with Crippen molar-refractivity contribution in [1.82, 2.24) is 24.1 Å². The number of aromatic nitrogens is 5. The van der Waals surface area contributed by atoms with Crippen molar-refractivity contribution in [1.29, 1.82) is 0 Å². The van der Waals surface area contributed by atoms with Gasteiger partial charge in [-0.15, -0.1) is 0 Å². The fourth-order valence-electron chi connectivity index (χ4n) is 11.2. The van der Waals surface area contributed by atoms with Crippen LogP contribution in [0.5, 0.6) is 0 Å². The number of nitrogens with zero attached hydrogens (tertiary/aromatic N) is 5. The van der Waals surface area contributed by atoms with E-state index < -0.39 is 0 Å². The smallest absolute Gasteiger partial charge is 0.238 e. The van der Waals surface area contributed by atoms with Gasteiger partial charge < -0.3 is 4.57 Å². The topological polar surface area (TPSA) is 48.5 Å². The minimum absolute atomic E-state index is 0.00680. The maximum absolute atomic E-state index is 5.60. The fraction of sp³-hybridized carbons (Fsp3) is 0.127. The van der Waals surface area contributed by atoms with E-state index in [1.807, 2.05) is 6.07 Å². The van der Waals surface area contributed by atoms with Crippen LogP contribution in [0.15, 0.2) is 200 Å². The first-order valence-corrected chi connectivity index (χ1v) is 23.8. The highest BCUT2D eigenvalue weighted by atomic mass is 15.2. The van der Waals surface area contributed by atoms with Gasteiger partial charge in [-0.05, 0) is 128 Å². The van der Waals surface area contributed by atoms with Gasteiger partial charge in [-0.25, -0.2) is 4.98 Å². The predicted octanol–water partition coefficient (Wildman–Crippen LogP) is 16.2. The number of hydrogen-bond acceptors (Lipinski definition) is 3. The Bertz CT molecular complexity index is 3880. The number of rotatable bonds is 6. The molecule has 5 nitrogen and oxygen atoms in total. The van der Waals surface area contributed by atoms with Crippen molar-refractivity contribution >= 4 is 54.4 Å². The van der Waals surface area contributed by atoms with Crippen LogP contribution >= 0.6 is 0 Å². The van der Waals surface area contributed by atoms with E-state index in [-0.39, 0.29) is 10.8 Å². The highest BCUT2D eigenvalue weighted by molar-refractivity contribution is 6.33. The van der Waals surface area contributed by atoms with Gasteiger partial charge in [-0.2, -0.15) is 9.97 Å². The summed E-state index contributed by atoms with van der Waals surface area (Å²) in [4.78, 5) is 16.4. The molecular weight excluding hydrogens is 827 g/mol. The predicted molar refractivity (Wildman–Crippen MR) is 283 cm³/mol. The third-order valence-corrected chi connectivity index (χ3v) is 14.8. The van der Waals surface area contributed by atoms with E-state index in [1.54, 1.807) is 0 Å². The first kappa shape index (κ1) is 40.2. The van der Waals surface area contributed by atoms with Gasteiger partial charge in [0.2, 0.25) is 5.95 Å². The standard InChI is InChI=1S/C63H49N5/c1-62(2)33-34-63(3,4)51-39-55-49(38-50(51)62)57-53(31-32-54-58(57)56-48-28-18-17-23-42(48)29-30-52(56)67(54)47-26-15-8-16-27-47)68(55)61-65-59(43-24-13-7-14-25-43)64-60(66-61)46-36-44(40-19-9-5-10-20-40)35-45(37-46)41-21-11-6-12-22-41/h5-32,35-39H,33-34H2,1-4H3. The molecule has 326 valence electrons. The van der Waals surface area contributed by atoms with E-state index in [0.29, 0.717) is 17.6 Å². The fourth-order valence-corrected chi connectivity index (χ4v) is 11.2. The van der Waals surface area contributed by atoms with Crippen LogP contribution in [0.1, 0.15) is 51.7 Å². The van der Waals surface area contributed by atoms with Crippen LogP contribution in [-0.2, 0) is 10.8 Å². The van der Waals surface area contributed by atoms with Crippen LogP contribution in [0.25, 0.3) is 111 Å². The van der Waals surface area contributed by atoms with Crippen molar-refractivity contribution in [2.24, 2.45) is 0 Å². The SMILES string of the molecule is CC1(C)CCC(C)(C)c2cc3c(cc21)c1c2c4c5ccccc5ccc4n(-c4ccccc4)c2ccc1n3-c1nc(-c2ccccc2)nc(-c2cc(-c3ccccc3)cc(-c3ccccc3)c2)n1. The summed E-state index contributed by atoms with van der Waals surface area (Å²) in [5, 5.41) is 7.34. The lowest BCUT2D eigenvalue weighted by Gasteiger charge is -2.42. The first-order chi connectivity index (χ1) is 33.2. The largest absolute Gasteiger partial charge is 0.309 e. The average molecular weight is 876 g/mol. The molecule has 0 saturated heterocycles. The summed E-state index contributed by atoms with van der Waals surface area (Å²) in [5.41, 5.74) is 14.7. The molecule has 0 amide bonds. The Morgan fingerprint density at radius 1 is 0.353 bits per heavy atom. The van der Waals surface area contributed by atoms with Crippen molar-refractivity contribution in [3.8, 4) is 56.7 Å². The Balaban J connectivity index is 1.18. The van der Waals surface area contributed by atoms with E-state index >= 15 is 0 Å². The molecular formula is C63H49N5. The molecule has 0 atom stereocenters. The molecule has 3 heterocycles. The molecule has 9 aromatic carbocycles. The van der Waals surface area contributed by atoms with E-state index in [1.165, 1.54) is 54.5 Å². The van der Waals surface area contributed by atoms with Crippen LogP contribution < -0.4 is 0 Å². The molecule has 5 heteroatoms. The van der Waals surface area contributed by atoms with Gasteiger partial charge >= 0.3 is 0 Å².